The molecule has 4 heteroatoms. The van der Waals surface area contributed by atoms with E-state index in [1.54, 1.807) is 0 Å². The second-order valence-electron chi connectivity index (χ2n) is 10.6. The van der Waals surface area contributed by atoms with Crippen LogP contribution in [0.25, 0.3) is 0 Å². The van der Waals surface area contributed by atoms with Gasteiger partial charge in [0.05, 0.1) is 12.7 Å². The number of halogens is 1. The number of Topliss-reactive ketones (excluding diaryl/α,β-unsaturated/α-hetero) is 1. The van der Waals surface area contributed by atoms with Crippen LogP contribution in [0.5, 0.6) is 0 Å². The zero-order valence-corrected chi connectivity index (χ0v) is 18.8. The van der Waals surface area contributed by atoms with Gasteiger partial charge in [0, 0.05) is 15.7 Å². The topological polar surface area (TPSA) is 57.5 Å². The van der Waals surface area contributed by atoms with E-state index in [0.29, 0.717) is 29.5 Å². The summed E-state index contributed by atoms with van der Waals surface area (Å²) >= 11 is 4.07. The fourth-order valence-corrected chi connectivity index (χ4v) is 9.90. The van der Waals surface area contributed by atoms with Crippen LogP contribution in [-0.4, -0.2) is 33.0 Å². The van der Waals surface area contributed by atoms with Gasteiger partial charge in [-0.3, -0.25) is 4.79 Å². The van der Waals surface area contributed by atoms with Crippen LogP contribution < -0.4 is 0 Å². The van der Waals surface area contributed by atoms with Crippen LogP contribution in [0.3, 0.4) is 0 Å². The van der Waals surface area contributed by atoms with E-state index in [4.69, 9.17) is 0 Å². The zero-order valence-electron chi connectivity index (χ0n) is 17.2. The molecule has 0 aliphatic heterocycles. The quantitative estimate of drug-likeness (QED) is 0.623. The lowest BCUT2D eigenvalue weighted by molar-refractivity contribution is -0.145. The van der Waals surface area contributed by atoms with Gasteiger partial charge in [0.2, 0.25) is 0 Å². The first kappa shape index (κ1) is 20.3. The smallest absolute Gasteiger partial charge is 0.133 e. The maximum Gasteiger partial charge on any atom is 0.133 e. The number of carbonyl (C=O) groups excluding carboxylic acids is 1. The molecular weight excluding hydrogens is 404 g/mol. The number of fused-ring (bicyclic) bond motifs is 5. The maximum absolute atomic E-state index is 12.6. The van der Waals surface area contributed by atoms with Gasteiger partial charge in [-0.1, -0.05) is 36.2 Å². The molecule has 4 aliphatic rings. The summed E-state index contributed by atoms with van der Waals surface area (Å²) in [5.41, 5.74) is 0.0390. The average molecular weight is 441 g/mol. The third-order valence-electron chi connectivity index (χ3n) is 9.82. The predicted octanol–water partition coefficient (Wildman–Crippen LogP) is 4.72. The number of aliphatic hydroxyl groups is 2. The minimum Gasteiger partial charge on any atom is -0.396 e. The minimum absolute atomic E-state index is 0.105. The summed E-state index contributed by atoms with van der Waals surface area (Å²) in [4.78, 5) is 12.6. The Bertz CT molecular complexity index is 608. The number of hydrogen-bond donors (Lipinski definition) is 2. The van der Waals surface area contributed by atoms with Crippen LogP contribution in [0, 0.1) is 40.4 Å². The van der Waals surface area contributed by atoms with Crippen LogP contribution in [0.15, 0.2) is 0 Å². The predicted molar refractivity (Wildman–Crippen MR) is 111 cm³/mol. The Balaban J connectivity index is 1.70. The minimum atomic E-state index is -0.243. The molecule has 4 aliphatic carbocycles. The van der Waals surface area contributed by atoms with Crippen LogP contribution in [-0.2, 0) is 4.79 Å². The lowest BCUT2D eigenvalue weighted by Crippen LogP contribution is -2.63. The molecule has 0 heterocycles. The van der Waals surface area contributed by atoms with Gasteiger partial charge in [-0.25, -0.2) is 0 Å². The molecule has 0 spiro atoms. The van der Waals surface area contributed by atoms with E-state index in [0.717, 1.165) is 44.9 Å². The van der Waals surface area contributed by atoms with Crippen molar-refractivity contribution in [2.45, 2.75) is 89.0 Å². The molecule has 0 bridgehead atoms. The largest absolute Gasteiger partial charge is 0.396 e. The highest BCUT2D eigenvalue weighted by Gasteiger charge is 2.67. The molecular formula is C23H37BrO3. The number of rotatable bonds is 3. The molecule has 2 N–H and O–H groups in total. The molecule has 9 atom stereocenters. The number of carbonyl (C=O) groups is 1. The zero-order chi connectivity index (χ0) is 19.6. The van der Waals surface area contributed by atoms with Crippen molar-refractivity contribution >= 4 is 21.7 Å². The van der Waals surface area contributed by atoms with Crippen molar-refractivity contribution in [2.75, 3.05) is 6.61 Å². The first-order chi connectivity index (χ1) is 12.7. The first-order valence-electron chi connectivity index (χ1n) is 11.2. The van der Waals surface area contributed by atoms with Crippen LogP contribution in [0.2, 0.25) is 0 Å². The summed E-state index contributed by atoms with van der Waals surface area (Å²) in [5.74, 6) is 2.91. The van der Waals surface area contributed by atoms with Crippen molar-refractivity contribution in [3.05, 3.63) is 0 Å². The maximum atomic E-state index is 12.6. The molecule has 4 saturated carbocycles. The molecule has 0 aromatic rings. The monoisotopic (exact) mass is 440 g/mol. The summed E-state index contributed by atoms with van der Waals surface area (Å²) < 4.78 is -0.121. The molecule has 4 fully saturated rings. The van der Waals surface area contributed by atoms with Crippen LogP contribution in [0.4, 0.5) is 0 Å². The molecule has 0 amide bonds. The number of ketones is 1. The van der Waals surface area contributed by atoms with E-state index in [1.165, 1.54) is 12.8 Å². The van der Waals surface area contributed by atoms with Crippen molar-refractivity contribution in [2.24, 2.45) is 40.4 Å². The Kier molecular flexibility index (Phi) is 5.13. The summed E-state index contributed by atoms with van der Waals surface area (Å²) in [6.45, 7) is 6.70. The van der Waals surface area contributed by atoms with E-state index in [-0.39, 0.29) is 33.8 Å². The summed E-state index contributed by atoms with van der Waals surface area (Å²) in [7, 11) is 0. The molecule has 3 nitrogen and oxygen atoms in total. The Morgan fingerprint density at radius 3 is 2.52 bits per heavy atom. The van der Waals surface area contributed by atoms with E-state index >= 15 is 0 Å². The standard InChI is InChI=1S/C23H37BrO3/c1-4-15-11-19-17-6-10-23(24)12-16(27)5-9-22(23,13-25)18(17)7-8-21(19,3)20(15)14(2)26/h15-20,25,27H,4-13H2,1-3H3/t15-,16+,17-,18+,19+,20+,21+,22+,23-/m1/s1. The Morgan fingerprint density at radius 2 is 1.89 bits per heavy atom. The average Bonchev–Trinajstić information content (AvgIpc) is 2.93. The Morgan fingerprint density at radius 1 is 1.15 bits per heavy atom. The molecule has 0 aromatic heterocycles. The second-order valence-corrected chi connectivity index (χ2v) is 12.1. The third kappa shape index (κ3) is 2.68. The van der Waals surface area contributed by atoms with Gasteiger partial charge in [0.1, 0.15) is 5.78 Å². The van der Waals surface area contributed by atoms with E-state index in [2.05, 4.69) is 29.8 Å². The van der Waals surface area contributed by atoms with Gasteiger partial charge in [-0.2, -0.15) is 0 Å². The highest BCUT2D eigenvalue weighted by atomic mass is 79.9. The molecule has 0 unspecified atom stereocenters. The van der Waals surface area contributed by atoms with E-state index < -0.39 is 0 Å². The molecule has 4 rings (SSSR count). The summed E-state index contributed by atoms with van der Waals surface area (Å²) in [6.07, 6.45) is 9.02. The Hall–Kier alpha value is 0.0700. The van der Waals surface area contributed by atoms with Crippen molar-refractivity contribution in [3.63, 3.8) is 0 Å². The van der Waals surface area contributed by atoms with Crippen molar-refractivity contribution in [1.29, 1.82) is 0 Å². The highest BCUT2D eigenvalue weighted by Crippen LogP contribution is 2.71. The fourth-order valence-electron chi connectivity index (χ4n) is 8.68. The van der Waals surface area contributed by atoms with Gasteiger partial charge in [0.25, 0.3) is 0 Å². The number of hydrogen-bond acceptors (Lipinski definition) is 3. The van der Waals surface area contributed by atoms with Gasteiger partial charge >= 0.3 is 0 Å². The highest BCUT2D eigenvalue weighted by molar-refractivity contribution is 9.10. The van der Waals surface area contributed by atoms with Gasteiger partial charge in [-0.05, 0) is 87.4 Å². The third-order valence-corrected chi connectivity index (χ3v) is 11.3. The van der Waals surface area contributed by atoms with Gasteiger partial charge in [0.15, 0.2) is 0 Å². The summed E-state index contributed by atoms with van der Waals surface area (Å²) in [6, 6.07) is 0. The van der Waals surface area contributed by atoms with Crippen LogP contribution >= 0.6 is 15.9 Å². The fraction of sp³-hybridized carbons (Fsp3) is 0.957. The van der Waals surface area contributed by atoms with E-state index in [9.17, 15) is 15.0 Å². The van der Waals surface area contributed by atoms with Crippen molar-refractivity contribution in [3.8, 4) is 0 Å². The second kappa shape index (κ2) is 6.80. The number of alkyl halides is 1. The molecule has 154 valence electrons. The van der Waals surface area contributed by atoms with Crippen molar-refractivity contribution < 1.29 is 15.0 Å². The SMILES string of the molecule is CC[C@@H]1C[C@H]2[C@@H]3CC[C@@]4(Br)C[C@@H](O)CC[C@]4(CO)[C@H]3CC[C@]2(C)[C@H]1C(C)=O. The summed E-state index contributed by atoms with van der Waals surface area (Å²) in [5, 5.41) is 21.0. The normalized spacial score (nSPS) is 54.7. The lowest BCUT2D eigenvalue weighted by Gasteiger charge is -2.64. The first-order valence-corrected chi connectivity index (χ1v) is 12.0. The van der Waals surface area contributed by atoms with Crippen molar-refractivity contribution in [1.82, 2.24) is 0 Å². The van der Waals surface area contributed by atoms with Crippen LogP contribution in [0.1, 0.15) is 78.6 Å². The molecule has 27 heavy (non-hydrogen) atoms. The van der Waals surface area contributed by atoms with E-state index in [1.807, 2.05) is 6.92 Å². The Labute approximate surface area is 172 Å². The molecule has 0 saturated heterocycles. The number of aliphatic hydroxyl groups excluding tert-OH is 2. The molecule has 0 aromatic carbocycles. The van der Waals surface area contributed by atoms with Gasteiger partial charge in [-0.15, -0.1) is 0 Å². The molecule has 0 radical (unpaired) electrons. The lowest BCUT2D eigenvalue weighted by atomic mass is 9.44. The van der Waals surface area contributed by atoms with Gasteiger partial charge < -0.3 is 10.2 Å².